The van der Waals surface area contributed by atoms with Crippen molar-refractivity contribution in [3.63, 3.8) is 0 Å². The van der Waals surface area contributed by atoms with Crippen LogP contribution in [-0.2, 0) is 17.3 Å². The van der Waals surface area contributed by atoms with Crippen molar-refractivity contribution in [1.29, 1.82) is 0 Å². The molecule has 2 rings (SSSR count). The van der Waals surface area contributed by atoms with Gasteiger partial charge in [-0.2, -0.15) is 0 Å². The Bertz CT molecular complexity index is 440. The fourth-order valence-corrected chi connectivity index (χ4v) is 3.05. The van der Waals surface area contributed by atoms with Gasteiger partial charge < -0.3 is 10.6 Å². The van der Waals surface area contributed by atoms with E-state index in [0.29, 0.717) is 12.5 Å². The van der Waals surface area contributed by atoms with Gasteiger partial charge >= 0.3 is 0 Å². The number of rotatable bonds is 3. The van der Waals surface area contributed by atoms with E-state index in [1.165, 1.54) is 0 Å². The van der Waals surface area contributed by atoms with Crippen LogP contribution >= 0.6 is 0 Å². The molecule has 1 aromatic heterocycles. The van der Waals surface area contributed by atoms with Crippen LogP contribution < -0.4 is 10.6 Å². The van der Waals surface area contributed by atoms with Gasteiger partial charge in [-0.25, -0.2) is 9.97 Å². The number of anilines is 1. The van der Waals surface area contributed by atoms with Crippen LogP contribution in [0.4, 0.5) is 5.69 Å². The zero-order valence-electron chi connectivity index (χ0n) is 10.9. The van der Waals surface area contributed by atoms with Gasteiger partial charge in [0.15, 0.2) is 0 Å². The van der Waals surface area contributed by atoms with Gasteiger partial charge in [-0.15, -0.1) is 0 Å². The number of hydrogen-bond donors (Lipinski definition) is 1. The zero-order valence-corrected chi connectivity index (χ0v) is 11.7. The second kappa shape index (κ2) is 5.75. The molecule has 1 aliphatic heterocycles. The van der Waals surface area contributed by atoms with E-state index >= 15 is 0 Å². The van der Waals surface area contributed by atoms with Crippen LogP contribution in [0.1, 0.15) is 31.3 Å². The summed E-state index contributed by atoms with van der Waals surface area (Å²) in [4.78, 5) is 11.1. The number of hydrogen-bond acceptors (Lipinski definition) is 5. The standard InChI is InChI=1S/C12H20N4OS/c1-9(2)12-14-8-11(10(7-13)15-12)16-3-5-18(17)6-4-16/h8-9H,3-7,13H2,1-2H3. The second-order valence-electron chi connectivity index (χ2n) is 4.75. The van der Waals surface area contributed by atoms with Crippen LogP contribution in [0, 0.1) is 0 Å². The van der Waals surface area contributed by atoms with Crippen molar-refractivity contribution in [3.05, 3.63) is 17.7 Å². The molecule has 1 aliphatic rings. The van der Waals surface area contributed by atoms with Gasteiger partial charge in [-0.3, -0.25) is 4.21 Å². The Hall–Kier alpha value is -1.01. The highest BCUT2D eigenvalue weighted by Gasteiger charge is 2.19. The summed E-state index contributed by atoms with van der Waals surface area (Å²) in [5.74, 6) is 2.57. The first kappa shape index (κ1) is 13.4. The molecule has 1 aromatic rings. The number of nitrogens with zero attached hydrogens (tertiary/aromatic N) is 3. The van der Waals surface area contributed by atoms with Crippen LogP contribution in [0.5, 0.6) is 0 Å². The molecule has 1 saturated heterocycles. The van der Waals surface area contributed by atoms with Crippen molar-refractivity contribution in [2.45, 2.75) is 26.3 Å². The molecule has 0 radical (unpaired) electrons. The maximum absolute atomic E-state index is 11.4. The van der Waals surface area contributed by atoms with Crippen molar-refractivity contribution in [2.24, 2.45) is 5.73 Å². The SMILES string of the molecule is CC(C)c1ncc(N2CCS(=O)CC2)c(CN)n1. The highest BCUT2D eigenvalue weighted by molar-refractivity contribution is 7.85. The van der Waals surface area contributed by atoms with Crippen molar-refractivity contribution >= 4 is 16.5 Å². The molecule has 0 atom stereocenters. The minimum absolute atomic E-state index is 0.304. The van der Waals surface area contributed by atoms with Gasteiger partial charge in [0, 0.05) is 47.9 Å². The molecule has 5 nitrogen and oxygen atoms in total. The fraction of sp³-hybridized carbons (Fsp3) is 0.667. The summed E-state index contributed by atoms with van der Waals surface area (Å²) in [7, 11) is -0.669. The normalized spacial score (nSPS) is 17.4. The molecule has 0 aromatic carbocycles. The maximum Gasteiger partial charge on any atom is 0.131 e. The van der Waals surface area contributed by atoms with Crippen molar-refractivity contribution in [2.75, 3.05) is 29.5 Å². The monoisotopic (exact) mass is 268 g/mol. The lowest BCUT2D eigenvalue weighted by atomic mass is 10.2. The van der Waals surface area contributed by atoms with Crippen molar-refractivity contribution in [1.82, 2.24) is 9.97 Å². The third-order valence-corrected chi connectivity index (χ3v) is 4.37. The van der Waals surface area contributed by atoms with Gasteiger partial charge in [-0.05, 0) is 0 Å². The average molecular weight is 268 g/mol. The maximum atomic E-state index is 11.4. The van der Waals surface area contributed by atoms with E-state index in [-0.39, 0.29) is 0 Å². The molecular formula is C12H20N4OS. The summed E-state index contributed by atoms with van der Waals surface area (Å²) in [6.45, 7) is 6.14. The Morgan fingerprint density at radius 3 is 2.67 bits per heavy atom. The van der Waals surface area contributed by atoms with Crippen LogP contribution in [0.25, 0.3) is 0 Å². The van der Waals surface area contributed by atoms with E-state index in [1.807, 2.05) is 6.20 Å². The lowest BCUT2D eigenvalue weighted by Gasteiger charge is -2.29. The summed E-state index contributed by atoms with van der Waals surface area (Å²) in [6.07, 6.45) is 1.86. The molecule has 2 N–H and O–H groups in total. The number of aromatic nitrogens is 2. The third-order valence-electron chi connectivity index (χ3n) is 3.09. The molecule has 0 unspecified atom stereocenters. The molecule has 0 amide bonds. The largest absolute Gasteiger partial charge is 0.367 e. The lowest BCUT2D eigenvalue weighted by Crippen LogP contribution is -2.38. The van der Waals surface area contributed by atoms with Gasteiger partial charge in [0.2, 0.25) is 0 Å². The average Bonchev–Trinajstić information content (AvgIpc) is 2.39. The topological polar surface area (TPSA) is 72.1 Å². The van der Waals surface area contributed by atoms with Crippen molar-refractivity contribution in [3.8, 4) is 0 Å². The molecule has 18 heavy (non-hydrogen) atoms. The first-order chi connectivity index (χ1) is 8.61. The molecule has 0 bridgehead atoms. The van der Waals surface area contributed by atoms with E-state index in [4.69, 9.17) is 5.73 Å². The molecule has 0 saturated carbocycles. The Kier molecular flexibility index (Phi) is 4.29. The van der Waals surface area contributed by atoms with E-state index in [0.717, 1.165) is 41.8 Å². The van der Waals surface area contributed by atoms with Crippen LogP contribution in [0.3, 0.4) is 0 Å². The molecule has 6 heteroatoms. The van der Waals surface area contributed by atoms with E-state index < -0.39 is 10.8 Å². The molecule has 2 heterocycles. The summed E-state index contributed by atoms with van der Waals surface area (Å²) in [5.41, 5.74) is 7.67. The number of nitrogens with two attached hydrogens (primary N) is 1. The fourth-order valence-electron chi connectivity index (χ4n) is 2.00. The zero-order chi connectivity index (χ0) is 13.1. The highest BCUT2D eigenvalue weighted by atomic mass is 32.2. The van der Waals surface area contributed by atoms with Crippen LogP contribution in [0.2, 0.25) is 0 Å². The van der Waals surface area contributed by atoms with Crippen LogP contribution in [-0.4, -0.2) is 38.8 Å². The Morgan fingerprint density at radius 1 is 1.44 bits per heavy atom. The smallest absolute Gasteiger partial charge is 0.131 e. The Labute approximate surface area is 110 Å². The van der Waals surface area contributed by atoms with Crippen LogP contribution in [0.15, 0.2) is 6.20 Å². The minimum Gasteiger partial charge on any atom is -0.367 e. The Balaban J connectivity index is 2.24. The van der Waals surface area contributed by atoms with Gasteiger partial charge in [0.05, 0.1) is 17.6 Å². The molecule has 0 aliphatic carbocycles. The highest BCUT2D eigenvalue weighted by Crippen LogP contribution is 2.21. The second-order valence-corrected chi connectivity index (χ2v) is 6.45. The third kappa shape index (κ3) is 2.87. The van der Waals surface area contributed by atoms with E-state index in [9.17, 15) is 4.21 Å². The quantitative estimate of drug-likeness (QED) is 0.870. The van der Waals surface area contributed by atoms with Gasteiger partial charge in [0.25, 0.3) is 0 Å². The summed E-state index contributed by atoms with van der Waals surface area (Å²) < 4.78 is 11.4. The van der Waals surface area contributed by atoms with Gasteiger partial charge in [-0.1, -0.05) is 13.8 Å². The first-order valence-electron chi connectivity index (χ1n) is 6.27. The van der Waals surface area contributed by atoms with E-state index in [2.05, 4.69) is 28.7 Å². The first-order valence-corrected chi connectivity index (χ1v) is 7.76. The molecule has 0 spiro atoms. The van der Waals surface area contributed by atoms with Gasteiger partial charge in [0.1, 0.15) is 5.82 Å². The Morgan fingerprint density at radius 2 is 2.11 bits per heavy atom. The molecular weight excluding hydrogens is 248 g/mol. The predicted molar refractivity (Wildman–Crippen MR) is 74.1 cm³/mol. The molecule has 1 fully saturated rings. The summed E-state index contributed by atoms with van der Waals surface area (Å²) >= 11 is 0. The minimum atomic E-state index is -0.669. The lowest BCUT2D eigenvalue weighted by molar-refractivity contribution is 0.671. The van der Waals surface area contributed by atoms with Crippen molar-refractivity contribution < 1.29 is 4.21 Å². The predicted octanol–water partition coefficient (Wildman–Crippen LogP) is 0.627. The summed E-state index contributed by atoms with van der Waals surface area (Å²) in [6, 6.07) is 0. The summed E-state index contributed by atoms with van der Waals surface area (Å²) in [5, 5.41) is 0. The molecule has 100 valence electrons. The van der Waals surface area contributed by atoms with E-state index in [1.54, 1.807) is 0 Å².